The van der Waals surface area contributed by atoms with Crippen molar-refractivity contribution in [1.82, 2.24) is 0 Å². The molecule has 0 aromatic heterocycles. The SMILES string of the molecule is O=C(Nc1ccc(Cl)c(Cl)c1F)c1cc(NC(=O)C2C(c3cc(Cl)cc(Cl)c3)C2(Cl)Cl)ccc1Cl. The van der Waals surface area contributed by atoms with Gasteiger partial charge < -0.3 is 10.6 Å². The summed E-state index contributed by atoms with van der Waals surface area (Å²) in [6.07, 6.45) is 0. The van der Waals surface area contributed by atoms with Crippen molar-refractivity contribution in [2.75, 3.05) is 10.6 Å². The van der Waals surface area contributed by atoms with E-state index in [-0.39, 0.29) is 32.0 Å². The average molecular weight is 616 g/mol. The summed E-state index contributed by atoms with van der Waals surface area (Å²) < 4.78 is 12.9. The molecule has 1 aliphatic rings. The zero-order chi connectivity index (χ0) is 25.7. The topological polar surface area (TPSA) is 58.2 Å². The molecule has 0 radical (unpaired) electrons. The maximum absolute atomic E-state index is 14.3. The monoisotopic (exact) mass is 612 g/mol. The van der Waals surface area contributed by atoms with Gasteiger partial charge in [0, 0.05) is 21.7 Å². The molecular weight excluding hydrogens is 603 g/mol. The fourth-order valence-electron chi connectivity index (χ4n) is 3.63. The molecule has 182 valence electrons. The second kappa shape index (κ2) is 10.1. The third-order valence-electron chi connectivity index (χ3n) is 5.34. The van der Waals surface area contributed by atoms with Gasteiger partial charge in [-0.25, -0.2) is 4.39 Å². The van der Waals surface area contributed by atoms with E-state index in [4.69, 9.17) is 81.2 Å². The maximum Gasteiger partial charge on any atom is 0.257 e. The highest BCUT2D eigenvalue weighted by Gasteiger charge is 2.67. The van der Waals surface area contributed by atoms with Gasteiger partial charge in [-0.3, -0.25) is 9.59 Å². The van der Waals surface area contributed by atoms with E-state index in [9.17, 15) is 14.0 Å². The van der Waals surface area contributed by atoms with Crippen LogP contribution < -0.4 is 10.6 Å². The summed E-state index contributed by atoms with van der Waals surface area (Å²) in [4.78, 5) is 25.7. The molecule has 12 heteroatoms. The number of rotatable bonds is 5. The number of nitrogens with one attached hydrogen (secondary N) is 2. The third kappa shape index (κ3) is 5.47. The lowest BCUT2D eigenvalue weighted by molar-refractivity contribution is -0.117. The number of amides is 2. The summed E-state index contributed by atoms with van der Waals surface area (Å²) in [6.45, 7) is 0. The number of anilines is 2. The summed E-state index contributed by atoms with van der Waals surface area (Å²) in [5.74, 6) is -3.46. The molecule has 2 N–H and O–H groups in total. The van der Waals surface area contributed by atoms with E-state index in [0.717, 1.165) is 0 Å². The van der Waals surface area contributed by atoms with Crippen molar-refractivity contribution in [1.29, 1.82) is 0 Å². The molecule has 0 bridgehead atoms. The van der Waals surface area contributed by atoms with Crippen LogP contribution in [-0.2, 0) is 4.79 Å². The number of carbonyl (C=O) groups excluding carboxylic acids is 2. The van der Waals surface area contributed by atoms with Gasteiger partial charge in [0.2, 0.25) is 5.91 Å². The van der Waals surface area contributed by atoms with Crippen molar-refractivity contribution >= 4 is 104 Å². The Balaban J connectivity index is 1.52. The van der Waals surface area contributed by atoms with Gasteiger partial charge in [0.25, 0.3) is 5.91 Å². The molecule has 3 aromatic carbocycles. The Labute approximate surface area is 234 Å². The predicted octanol–water partition coefficient (Wildman–Crippen LogP) is 8.87. The Hall–Kier alpha value is -1.44. The van der Waals surface area contributed by atoms with Gasteiger partial charge >= 0.3 is 0 Å². The summed E-state index contributed by atoms with van der Waals surface area (Å²) >= 11 is 42.6. The van der Waals surface area contributed by atoms with E-state index in [2.05, 4.69) is 10.6 Å². The lowest BCUT2D eigenvalue weighted by Gasteiger charge is -2.11. The minimum atomic E-state index is -1.38. The van der Waals surface area contributed by atoms with Gasteiger partial charge in [0.15, 0.2) is 5.82 Å². The maximum atomic E-state index is 14.3. The minimum Gasteiger partial charge on any atom is -0.326 e. The standard InChI is InChI=1S/C23H12Cl7FN2O2/c24-10-5-9(6-11(25)7-10)17-18(23(17,29)30)22(35)32-12-1-2-14(26)13(8-12)21(34)33-16-4-3-15(27)19(28)20(16)31/h1-8,17-18H,(H,32,35)(H,33,34). The van der Waals surface area contributed by atoms with Gasteiger partial charge in [-0.15, -0.1) is 23.2 Å². The normalized spacial score (nSPS) is 18.2. The van der Waals surface area contributed by atoms with Crippen molar-refractivity contribution in [2.45, 2.75) is 10.3 Å². The van der Waals surface area contributed by atoms with E-state index in [1.54, 1.807) is 18.2 Å². The number of hydrogen-bond donors (Lipinski definition) is 2. The Morgan fingerprint density at radius 1 is 0.829 bits per heavy atom. The first-order valence-corrected chi connectivity index (χ1v) is 12.4. The summed E-state index contributed by atoms with van der Waals surface area (Å²) in [5, 5.41) is 5.57. The highest BCUT2D eigenvalue weighted by atomic mass is 35.5. The van der Waals surface area contributed by atoms with E-state index in [0.29, 0.717) is 15.6 Å². The molecule has 4 rings (SSSR count). The van der Waals surface area contributed by atoms with Crippen LogP contribution >= 0.6 is 81.2 Å². The Morgan fingerprint density at radius 3 is 2.11 bits per heavy atom. The van der Waals surface area contributed by atoms with Crippen LogP contribution in [0.2, 0.25) is 25.1 Å². The molecular formula is C23H12Cl7FN2O2. The van der Waals surface area contributed by atoms with Crippen LogP contribution in [-0.4, -0.2) is 16.1 Å². The molecule has 1 fully saturated rings. The van der Waals surface area contributed by atoms with Crippen molar-refractivity contribution in [3.8, 4) is 0 Å². The van der Waals surface area contributed by atoms with Crippen LogP contribution in [0.15, 0.2) is 48.5 Å². The molecule has 0 spiro atoms. The second-order valence-corrected chi connectivity index (χ2v) is 11.2. The highest BCUT2D eigenvalue weighted by molar-refractivity contribution is 6.53. The predicted molar refractivity (Wildman–Crippen MR) is 142 cm³/mol. The molecule has 0 saturated heterocycles. The zero-order valence-electron chi connectivity index (χ0n) is 17.1. The zero-order valence-corrected chi connectivity index (χ0v) is 22.4. The van der Waals surface area contributed by atoms with Crippen LogP contribution in [0.25, 0.3) is 0 Å². The quantitative estimate of drug-likeness (QED) is 0.223. The molecule has 1 saturated carbocycles. The molecule has 1 aliphatic carbocycles. The molecule has 2 amide bonds. The third-order valence-corrected chi connectivity index (χ3v) is 7.83. The molecule has 4 nitrogen and oxygen atoms in total. The van der Waals surface area contributed by atoms with Crippen molar-refractivity contribution in [3.05, 3.63) is 90.6 Å². The first-order chi connectivity index (χ1) is 16.4. The smallest absolute Gasteiger partial charge is 0.257 e. The summed E-state index contributed by atoms with van der Waals surface area (Å²) in [6, 6.07) is 11.7. The number of alkyl halides is 2. The Bertz CT molecular complexity index is 1350. The Morgan fingerprint density at radius 2 is 1.46 bits per heavy atom. The first kappa shape index (κ1) is 26.6. The first-order valence-electron chi connectivity index (χ1n) is 9.79. The fraction of sp³-hybridized carbons (Fsp3) is 0.130. The number of carbonyl (C=O) groups is 2. The van der Waals surface area contributed by atoms with E-state index >= 15 is 0 Å². The van der Waals surface area contributed by atoms with Crippen LogP contribution in [0.5, 0.6) is 0 Å². The van der Waals surface area contributed by atoms with Gasteiger partial charge in [-0.1, -0.05) is 58.0 Å². The minimum absolute atomic E-state index is 0.00186. The van der Waals surface area contributed by atoms with E-state index < -0.39 is 33.8 Å². The van der Waals surface area contributed by atoms with E-state index in [1.807, 2.05) is 0 Å². The van der Waals surface area contributed by atoms with Crippen LogP contribution in [0, 0.1) is 11.7 Å². The average Bonchev–Trinajstić information content (AvgIpc) is 3.36. The van der Waals surface area contributed by atoms with Crippen molar-refractivity contribution < 1.29 is 14.0 Å². The number of halogens is 8. The lowest BCUT2D eigenvalue weighted by atomic mass is 10.1. The van der Waals surface area contributed by atoms with Gasteiger partial charge in [-0.2, -0.15) is 0 Å². The molecule has 0 aliphatic heterocycles. The van der Waals surface area contributed by atoms with Crippen LogP contribution in [0.4, 0.5) is 15.8 Å². The molecule has 2 unspecified atom stereocenters. The number of benzene rings is 3. The Kier molecular flexibility index (Phi) is 7.71. The molecule has 2 atom stereocenters. The largest absolute Gasteiger partial charge is 0.326 e. The van der Waals surface area contributed by atoms with E-state index in [1.165, 1.54) is 30.3 Å². The molecule has 3 aromatic rings. The van der Waals surface area contributed by atoms with Gasteiger partial charge in [0.05, 0.1) is 32.2 Å². The molecule has 0 heterocycles. The van der Waals surface area contributed by atoms with Crippen molar-refractivity contribution in [2.24, 2.45) is 5.92 Å². The van der Waals surface area contributed by atoms with Crippen molar-refractivity contribution in [3.63, 3.8) is 0 Å². The number of hydrogen-bond acceptors (Lipinski definition) is 2. The fourth-order valence-corrected chi connectivity index (χ4v) is 5.52. The summed E-state index contributed by atoms with van der Waals surface area (Å²) in [5.41, 5.74) is 0.655. The second-order valence-electron chi connectivity index (χ2n) is 7.69. The van der Waals surface area contributed by atoms with Gasteiger partial charge in [0.1, 0.15) is 4.33 Å². The van der Waals surface area contributed by atoms with Gasteiger partial charge in [-0.05, 0) is 54.1 Å². The lowest BCUT2D eigenvalue weighted by Crippen LogP contribution is -2.18. The summed E-state index contributed by atoms with van der Waals surface area (Å²) in [7, 11) is 0. The van der Waals surface area contributed by atoms with Crippen LogP contribution in [0.1, 0.15) is 21.8 Å². The van der Waals surface area contributed by atoms with Crippen LogP contribution in [0.3, 0.4) is 0 Å². The highest BCUT2D eigenvalue weighted by Crippen LogP contribution is 2.65. The molecule has 35 heavy (non-hydrogen) atoms.